The van der Waals surface area contributed by atoms with Gasteiger partial charge in [0.15, 0.2) is 0 Å². The lowest BCUT2D eigenvalue weighted by Gasteiger charge is -2.27. The van der Waals surface area contributed by atoms with Crippen molar-refractivity contribution in [3.63, 3.8) is 0 Å². The molecular formula is C16H16Cl2O6S2. The zero-order chi connectivity index (χ0) is 19.5. The van der Waals surface area contributed by atoms with Crippen LogP contribution in [0.4, 0.5) is 0 Å². The summed E-state index contributed by atoms with van der Waals surface area (Å²) in [4.78, 5) is 0. The number of benzene rings is 2. The van der Waals surface area contributed by atoms with Crippen molar-refractivity contribution in [2.75, 3.05) is 12.5 Å². The van der Waals surface area contributed by atoms with Crippen LogP contribution in [0.15, 0.2) is 48.5 Å². The predicted molar refractivity (Wildman–Crippen MR) is 100 cm³/mol. The van der Waals surface area contributed by atoms with Crippen molar-refractivity contribution in [1.82, 2.24) is 0 Å². The highest BCUT2D eigenvalue weighted by molar-refractivity contribution is 7.86. The summed E-state index contributed by atoms with van der Waals surface area (Å²) < 4.78 is 57.6. The number of hydrogen-bond donors (Lipinski definition) is 0. The van der Waals surface area contributed by atoms with E-state index in [1.807, 2.05) is 0 Å². The summed E-state index contributed by atoms with van der Waals surface area (Å²) in [6.07, 6.45) is -1.04. The van der Waals surface area contributed by atoms with E-state index >= 15 is 0 Å². The molecule has 0 aromatic heterocycles. The van der Waals surface area contributed by atoms with Crippen LogP contribution < -0.4 is 0 Å². The lowest BCUT2D eigenvalue weighted by molar-refractivity contribution is 0.0632. The maximum Gasteiger partial charge on any atom is 0.265 e. The van der Waals surface area contributed by atoms with Crippen molar-refractivity contribution < 1.29 is 25.2 Å². The van der Waals surface area contributed by atoms with Gasteiger partial charge in [0.2, 0.25) is 0 Å². The molecule has 2 rings (SSSR count). The van der Waals surface area contributed by atoms with E-state index in [1.165, 1.54) is 24.3 Å². The monoisotopic (exact) mass is 438 g/mol. The molecule has 0 saturated carbocycles. The van der Waals surface area contributed by atoms with Crippen LogP contribution in [0.5, 0.6) is 0 Å². The van der Waals surface area contributed by atoms with E-state index in [0.717, 1.165) is 12.5 Å². The largest absolute Gasteiger partial charge is 0.265 e. The summed E-state index contributed by atoms with van der Waals surface area (Å²) in [6, 6.07) is 12.6. The maximum absolute atomic E-state index is 11.8. The second-order valence-corrected chi connectivity index (χ2v) is 9.50. The average Bonchev–Trinajstić information content (AvgIpc) is 2.50. The first kappa shape index (κ1) is 21.1. The van der Waals surface area contributed by atoms with Gasteiger partial charge < -0.3 is 0 Å². The van der Waals surface area contributed by atoms with Crippen molar-refractivity contribution in [1.29, 1.82) is 0 Å². The lowest BCUT2D eigenvalue weighted by atomic mass is 9.98. The predicted octanol–water partition coefficient (Wildman–Crippen LogP) is 3.73. The van der Waals surface area contributed by atoms with E-state index < -0.39 is 32.4 Å². The van der Waals surface area contributed by atoms with E-state index in [-0.39, 0.29) is 21.2 Å². The molecule has 0 aliphatic rings. The Morgan fingerprint density at radius 2 is 1.00 bits per heavy atom. The molecule has 26 heavy (non-hydrogen) atoms. The summed E-state index contributed by atoms with van der Waals surface area (Å²) in [5, 5.41) is 0.380. The molecule has 0 N–H and O–H groups in total. The van der Waals surface area contributed by atoms with Crippen LogP contribution in [0.1, 0.15) is 23.3 Å². The molecule has 0 saturated heterocycles. The van der Waals surface area contributed by atoms with Crippen LogP contribution in [0, 0.1) is 0 Å². The Morgan fingerprint density at radius 1 is 0.692 bits per heavy atom. The highest BCUT2D eigenvalue weighted by atomic mass is 35.5. The molecule has 0 aliphatic heterocycles. The third-order valence-corrected chi connectivity index (χ3v) is 5.06. The van der Waals surface area contributed by atoms with Gasteiger partial charge >= 0.3 is 0 Å². The molecule has 0 spiro atoms. The molecule has 0 radical (unpaired) electrons. The molecule has 2 aromatic rings. The highest BCUT2D eigenvalue weighted by Gasteiger charge is 2.35. The average molecular weight is 439 g/mol. The normalized spacial score (nSPS) is 14.8. The topological polar surface area (TPSA) is 86.7 Å². The van der Waals surface area contributed by atoms with E-state index in [9.17, 15) is 16.8 Å². The van der Waals surface area contributed by atoms with Crippen molar-refractivity contribution >= 4 is 43.4 Å². The van der Waals surface area contributed by atoms with Crippen LogP contribution in [0.25, 0.3) is 0 Å². The van der Waals surface area contributed by atoms with Crippen LogP contribution >= 0.6 is 23.2 Å². The fourth-order valence-corrected chi connectivity index (χ4v) is 3.97. The van der Waals surface area contributed by atoms with Gasteiger partial charge in [-0.1, -0.05) is 59.6 Å². The van der Waals surface area contributed by atoms with Gasteiger partial charge in [0.25, 0.3) is 20.2 Å². The van der Waals surface area contributed by atoms with Crippen molar-refractivity contribution in [2.24, 2.45) is 0 Å². The van der Waals surface area contributed by atoms with Crippen molar-refractivity contribution in [3.05, 3.63) is 69.7 Å². The molecule has 0 unspecified atom stereocenters. The Kier molecular flexibility index (Phi) is 6.70. The third-order valence-electron chi connectivity index (χ3n) is 3.26. The molecule has 6 nitrogen and oxygen atoms in total. The van der Waals surface area contributed by atoms with Gasteiger partial charge in [-0.2, -0.15) is 16.8 Å². The molecule has 142 valence electrons. The van der Waals surface area contributed by atoms with Gasteiger partial charge in [0, 0.05) is 21.2 Å². The molecule has 0 fully saturated rings. The summed E-state index contributed by atoms with van der Waals surface area (Å²) in [5.41, 5.74) is 0.487. The summed E-state index contributed by atoms with van der Waals surface area (Å²) >= 11 is 12.4. The summed E-state index contributed by atoms with van der Waals surface area (Å²) in [6.45, 7) is 0. The maximum atomic E-state index is 11.8. The number of halogens is 2. The van der Waals surface area contributed by atoms with Crippen LogP contribution in [0.2, 0.25) is 10.0 Å². The Labute approximate surface area is 162 Å². The van der Waals surface area contributed by atoms with Gasteiger partial charge in [0.05, 0.1) is 12.5 Å². The third kappa shape index (κ3) is 5.94. The lowest BCUT2D eigenvalue weighted by Crippen LogP contribution is -2.23. The first-order chi connectivity index (χ1) is 12.0. The van der Waals surface area contributed by atoms with E-state index in [4.69, 9.17) is 31.6 Å². The van der Waals surface area contributed by atoms with Gasteiger partial charge in [-0.3, -0.25) is 8.37 Å². The van der Waals surface area contributed by atoms with Crippen LogP contribution in [-0.2, 0) is 28.6 Å². The molecule has 0 heterocycles. The quantitative estimate of drug-likeness (QED) is 0.611. The van der Waals surface area contributed by atoms with Gasteiger partial charge in [-0.25, -0.2) is 0 Å². The second-order valence-electron chi connectivity index (χ2n) is 5.48. The zero-order valence-corrected chi connectivity index (χ0v) is 16.9. The molecule has 2 aromatic carbocycles. The van der Waals surface area contributed by atoms with Gasteiger partial charge in [0.1, 0.15) is 12.2 Å². The standard InChI is InChI=1S/C16H16Cl2O6S2/c1-25(19,20)23-15(11-7-3-5-9-13(11)17)16(24-26(2,21)22)12-8-4-6-10-14(12)18/h3-10,15-16H,1-2H3/t15-,16+. The van der Waals surface area contributed by atoms with E-state index in [1.54, 1.807) is 24.3 Å². The van der Waals surface area contributed by atoms with Crippen LogP contribution in [0.3, 0.4) is 0 Å². The number of rotatable bonds is 7. The first-order valence-electron chi connectivity index (χ1n) is 7.23. The minimum Gasteiger partial charge on any atom is -0.259 e. The number of hydrogen-bond acceptors (Lipinski definition) is 6. The Hall–Kier alpha value is -1.16. The molecule has 0 amide bonds. The fraction of sp³-hybridized carbons (Fsp3) is 0.250. The molecule has 2 atom stereocenters. The van der Waals surface area contributed by atoms with Gasteiger partial charge in [-0.15, -0.1) is 0 Å². The molecule has 0 bridgehead atoms. The van der Waals surface area contributed by atoms with Crippen molar-refractivity contribution in [2.45, 2.75) is 12.2 Å². The summed E-state index contributed by atoms with van der Waals surface area (Å²) in [7, 11) is -7.97. The van der Waals surface area contributed by atoms with Crippen LogP contribution in [-0.4, -0.2) is 29.3 Å². The Morgan fingerprint density at radius 3 is 1.27 bits per heavy atom. The second kappa shape index (κ2) is 8.24. The SMILES string of the molecule is CS(=O)(=O)O[C@H](c1ccccc1Cl)[C@@H](OS(C)(=O)=O)c1ccccc1Cl. The van der Waals surface area contributed by atoms with E-state index in [0.29, 0.717) is 0 Å². The minimum atomic E-state index is -3.99. The Balaban J connectivity index is 2.69. The molecule has 0 aliphatic carbocycles. The highest BCUT2D eigenvalue weighted by Crippen LogP contribution is 2.42. The van der Waals surface area contributed by atoms with Gasteiger partial charge in [-0.05, 0) is 12.1 Å². The fourth-order valence-electron chi connectivity index (χ4n) is 2.32. The first-order valence-corrected chi connectivity index (χ1v) is 11.6. The Bertz CT molecular complexity index is 908. The minimum absolute atomic E-state index is 0.190. The zero-order valence-electron chi connectivity index (χ0n) is 13.8. The smallest absolute Gasteiger partial charge is 0.259 e. The van der Waals surface area contributed by atoms with Crippen molar-refractivity contribution in [3.8, 4) is 0 Å². The molecule has 10 heteroatoms. The summed E-state index contributed by atoms with van der Waals surface area (Å²) in [5.74, 6) is 0. The van der Waals surface area contributed by atoms with E-state index in [2.05, 4.69) is 0 Å². The molecular weight excluding hydrogens is 423 g/mol.